The molecule has 1 N–H and O–H groups in total. The fourth-order valence-corrected chi connectivity index (χ4v) is 3.38. The van der Waals surface area contributed by atoms with Crippen LogP contribution in [0.5, 0.6) is 0 Å². The van der Waals surface area contributed by atoms with E-state index in [-0.39, 0.29) is 23.2 Å². The molecular formula is C20H26FN3O. The second-order valence-corrected chi connectivity index (χ2v) is 8.03. The molecule has 1 aromatic heterocycles. The summed E-state index contributed by atoms with van der Waals surface area (Å²) in [6, 6.07) is 6.43. The number of nitrogens with one attached hydrogen (secondary N) is 1. The first-order chi connectivity index (χ1) is 11.8. The van der Waals surface area contributed by atoms with E-state index >= 15 is 0 Å². The number of amides is 1. The molecule has 0 radical (unpaired) electrons. The molecular weight excluding hydrogens is 317 g/mol. The summed E-state index contributed by atoms with van der Waals surface area (Å²) in [6.45, 7) is 7.02. The molecule has 0 unspecified atom stereocenters. The Morgan fingerprint density at radius 1 is 1.36 bits per heavy atom. The smallest absolute Gasteiger partial charge is 0.223 e. The van der Waals surface area contributed by atoms with E-state index in [9.17, 15) is 9.18 Å². The molecule has 134 valence electrons. The molecule has 1 amide bonds. The lowest BCUT2D eigenvalue weighted by Gasteiger charge is -2.36. The SMILES string of the molecule is CC(C)(C)CC(=O)N1CCCC[C@H]1c1ncc(-c2cccc(F)c2)[nH]1. The Morgan fingerprint density at radius 2 is 2.16 bits per heavy atom. The summed E-state index contributed by atoms with van der Waals surface area (Å²) in [5, 5.41) is 0. The number of benzene rings is 1. The first-order valence-corrected chi connectivity index (χ1v) is 8.94. The van der Waals surface area contributed by atoms with Crippen molar-refractivity contribution < 1.29 is 9.18 Å². The number of hydrogen-bond donors (Lipinski definition) is 1. The zero-order valence-corrected chi connectivity index (χ0v) is 15.2. The predicted octanol–water partition coefficient (Wildman–Crippen LogP) is 4.71. The lowest BCUT2D eigenvalue weighted by molar-refractivity contribution is -0.137. The number of piperidine rings is 1. The van der Waals surface area contributed by atoms with Crippen LogP contribution in [0, 0.1) is 11.2 Å². The molecule has 2 aromatic rings. The van der Waals surface area contributed by atoms with Crippen LogP contribution in [0.2, 0.25) is 0 Å². The third kappa shape index (κ3) is 4.27. The van der Waals surface area contributed by atoms with Crippen molar-refractivity contribution in [3.8, 4) is 11.3 Å². The van der Waals surface area contributed by atoms with Crippen LogP contribution in [0.15, 0.2) is 30.5 Å². The minimum atomic E-state index is -0.270. The number of aromatic amines is 1. The second kappa shape index (κ2) is 6.98. The van der Waals surface area contributed by atoms with Crippen molar-refractivity contribution in [3.63, 3.8) is 0 Å². The van der Waals surface area contributed by atoms with Crippen molar-refractivity contribution in [2.45, 2.75) is 52.5 Å². The highest BCUT2D eigenvalue weighted by Gasteiger charge is 2.31. The summed E-state index contributed by atoms with van der Waals surface area (Å²) < 4.78 is 13.5. The first-order valence-electron chi connectivity index (χ1n) is 8.94. The number of halogens is 1. The van der Waals surface area contributed by atoms with Gasteiger partial charge in [-0.2, -0.15) is 0 Å². The van der Waals surface area contributed by atoms with Gasteiger partial charge in [0.2, 0.25) is 5.91 Å². The maximum absolute atomic E-state index is 13.5. The maximum Gasteiger partial charge on any atom is 0.223 e. The Bertz CT molecular complexity index is 747. The molecule has 1 aromatic carbocycles. The van der Waals surface area contributed by atoms with Crippen molar-refractivity contribution in [1.29, 1.82) is 0 Å². The van der Waals surface area contributed by atoms with Crippen LogP contribution in [0.25, 0.3) is 11.3 Å². The lowest BCUT2D eigenvalue weighted by Crippen LogP contribution is -2.40. The van der Waals surface area contributed by atoms with Gasteiger partial charge in [-0.3, -0.25) is 4.79 Å². The Kier molecular flexibility index (Phi) is 4.93. The molecule has 4 nitrogen and oxygen atoms in total. The molecule has 1 fully saturated rings. The van der Waals surface area contributed by atoms with Gasteiger partial charge in [0.05, 0.1) is 17.9 Å². The van der Waals surface area contributed by atoms with Crippen LogP contribution in [-0.2, 0) is 4.79 Å². The number of likely N-dealkylation sites (tertiary alicyclic amines) is 1. The van der Waals surface area contributed by atoms with Crippen LogP contribution in [0.3, 0.4) is 0 Å². The topological polar surface area (TPSA) is 49.0 Å². The average Bonchev–Trinajstić information content (AvgIpc) is 3.03. The lowest BCUT2D eigenvalue weighted by atomic mass is 9.90. The average molecular weight is 343 g/mol. The quantitative estimate of drug-likeness (QED) is 0.878. The molecule has 0 aliphatic carbocycles. The first kappa shape index (κ1) is 17.6. The van der Waals surface area contributed by atoms with Crippen molar-refractivity contribution >= 4 is 5.91 Å². The standard InChI is InChI=1S/C20H26FN3O/c1-20(2,3)12-18(25)24-10-5-4-9-17(24)19-22-13-16(23-19)14-7-6-8-15(21)11-14/h6-8,11,13,17H,4-5,9-10,12H2,1-3H3,(H,22,23)/t17-/m0/s1. The molecule has 1 aliphatic heterocycles. The van der Waals surface area contributed by atoms with Gasteiger partial charge in [-0.15, -0.1) is 0 Å². The highest BCUT2D eigenvalue weighted by Crippen LogP contribution is 2.33. The van der Waals surface area contributed by atoms with Crippen molar-refractivity contribution in [1.82, 2.24) is 14.9 Å². The van der Waals surface area contributed by atoms with E-state index in [0.717, 1.165) is 42.9 Å². The molecule has 3 rings (SSSR count). The van der Waals surface area contributed by atoms with E-state index in [1.165, 1.54) is 12.1 Å². The highest BCUT2D eigenvalue weighted by atomic mass is 19.1. The van der Waals surface area contributed by atoms with E-state index in [4.69, 9.17) is 0 Å². The number of hydrogen-bond acceptors (Lipinski definition) is 2. The van der Waals surface area contributed by atoms with Crippen molar-refractivity contribution in [2.24, 2.45) is 5.41 Å². The Hall–Kier alpha value is -2.17. The molecule has 2 heterocycles. The maximum atomic E-state index is 13.5. The van der Waals surface area contributed by atoms with E-state index < -0.39 is 0 Å². The molecule has 5 heteroatoms. The summed E-state index contributed by atoms with van der Waals surface area (Å²) >= 11 is 0. The van der Waals surface area contributed by atoms with E-state index in [1.54, 1.807) is 12.3 Å². The monoisotopic (exact) mass is 343 g/mol. The molecule has 1 saturated heterocycles. The van der Waals surface area contributed by atoms with Crippen LogP contribution in [0.4, 0.5) is 4.39 Å². The second-order valence-electron chi connectivity index (χ2n) is 8.03. The number of carbonyl (C=O) groups is 1. The summed E-state index contributed by atoms with van der Waals surface area (Å²) in [7, 11) is 0. The van der Waals surface area contributed by atoms with Crippen LogP contribution >= 0.6 is 0 Å². The van der Waals surface area contributed by atoms with Crippen molar-refractivity contribution in [3.05, 3.63) is 42.1 Å². The zero-order chi connectivity index (χ0) is 18.0. The van der Waals surface area contributed by atoms with Gasteiger partial charge in [-0.1, -0.05) is 32.9 Å². The third-order valence-electron chi connectivity index (χ3n) is 4.55. The number of nitrogens with zero attached hydrogens (tertiary/aromatic N) is 2. The summed E-state index contributed by atoms with van der Waals surface area (Å²) in [5.41, 5.74) is 1.51. The number of imidazole rings is 1. The van der Waals surface area contributed by atoms with Gasteiger partial charge in [0.25, 0.3) is 0 Å². The molecule has 1 atom stereocenters. The van der Waals surface area contributed by atoms with Gasteiger partial charge in [-0.05, 0) is 36.8 Å². The van der Waals surface area contributed by atoms with E-state index in [0.29, 0.717) is 6.42 Å². The number of carbonyl (C=O) groups excluding carboxylic acids is 1. The predicted molar refractivity (Wildman–Crippen MR) is 96.4 cm³/mol. The number of aromatic nitrogens is 2. The summed E-state index contributed by atoms with van der Waals surface area (Å²) in [6.07, 6.45) is 5.28. The zero-order valence-electron chi connectivity index (χ0n) is 15.2. The van der Waals surface area contributed by atoms with Gasteiger partial charge in [0.1, 0.15) is 11.6 Å². The molecule has 0 spiro atoms. The Labute approximate surface area is 148 Å². The van der Waals surface area contributed by atoms with Crippen molar-refractivity contribution in [2.75, 3.05) is 6.54 Å². The Morgan fingerprint density at radius 3 is 2.88 bits per heavy atom. The minimum absolute atomic E-state index is 0.0223. The number of rotatable bonds is 3. The Balaban J connectivity index is 1.82. The molecule has 25 heavy (non-hydrogen) atoms. The normalized spacial score (nSPS) is 18.4. The van der Waals surface area contributed by atoms with Crippen LogP contribution < -0.4 is 0 Å². The molecule has 0 saturated carbocycles. The summed E-state index contributed by atoms with van der Waals surface area (Å²) in [4.78, 5) is 22.5. The molecule has 1 aliphatic rings. The fourth-order valence-electron chi connectivity index (χ4n) is 3.38. The van der Waals surface area contributed by atoms with Gasteiger partial charge in [0.15, 0.2) is 0 Å². The van der Waals surface area contributed by atoms with E-state index in [1.807, 2.05) is 11.0 Å². The van der Waals surface area contributed by atoms with Gasteiger partial charge in [-0.25, -0.2) is 9.37 Å². The highest BCUT2D eigenvalue weighted by molar-refractivity contribution is 5.77. The molecule has 0 bridgehead atoms. The third-order valence-corrected chi connectivity index (χ3v) is 4.55. The van der Waals surface area contributed by atoms with Gasteiger partial charge >= 0.3 is 0 Å². The largest absolute Gasteiger partial charge is 0.340 e. The minimum Gasteiger partial charge on any atom is -0.340 e. The summed E-state index contributed by atoms with van der Waals surface area (Å²) in [5.74, 6) is 0.704. The van der Waals surface area contributed by atoms with Gasteiger partial charge in [0, 0.05) is 18.5 Å². The number of H-pyrrole nitrogens is 1. The van der Waals surface area contributed by atoms with Crippen LogP contribution in [0.1, 0.15) is 58.3 Å². The van der Waals surface area contributed by atoms with Crippen LogP contribution in [-0.4, -0.2) is 27.3 Å². The van der Waals surface area contributed by atoms with Gasteiger partial charge < -0.3 is 9.88 Å². The fraction of sp³-hybridized carbons (Fsp3) is 0.500. The van der Waals surface area contributed by atoms with E-state index in [2.05, 4.69) is 30.7 Å².